The molecule has 2 heterocycles. The number of rotatable bonds is 4. The summed E-state index contributed by atoms with van der Waals surface area (Å²) >= 11 is -0.192. The Labute approximate surface area is 225 Å². The van der Waals surface area contributed by atoms with E-state index < -0.39 is 0 Å². The molecular formula is C31H17N5OSe. The second-order valence-electron chi connectivity index (χ2n) is 8.47. The number of benzene rings is 3. The number of hydrogen-bond donors (Lipinski definition) is 0. The molecule has 0 N–H and O–H groups in total. The number of hydrogen-bond acceptors (Lipinski definition) is 5. The molecule has 178 valence electrons. The molecule has 0 atom stereocenters. The fourth-order valence-corrected chi connectivity index (χ4v) is 6.61. The van der Waals surface area contributed by atoms with Gasteiger partial charge in [-0.25, -0.2) is 0 Å². The summed E-state index contributed by atoms with van der Waals surface area (Å²) in [6, 6.07) is 29.3. The Morgan fingerprint density at radius 2 is 1.66 bits per heavy atom. The van der Waals surface area contributed by atoms with Crippen molar-refractivity contribution in [3.63, 3.8) is 0 Å². The van der Waals surface area contributed by atoms with Crippen LogP contribution in [0.15, 0.2) is 109 Å². The monoisotopic (exact) mass is 555 g/mol. The molecule has 38 heavy (non-hydrogen) atoms. The van der Waals surface area contributed by atoms with Crippen molar-refractivity contribution in [1.29, 1.82) is 5.26 Å². The molecule has 5 aromatic rings. The van der Waals surface area contributed by atoms with Crippen LogP contribution in [0.3, 0.4) is 0 Å². The van der Waals surface area contributed by atoms with Crippen LogP contribution in [-0.4, -0.2) is 30.3 Å². The van der Waals surface area contributed by atoms with Crippen LogP contribution in [0.25, 0.3) is 27.3 Å². The maximum absolute atomic E-state index is 13.3. The van der Waals surface area contributed by atoms with Crippen molar-refractivity contribution in [2.45, 2.75) is 0 Å². The van der Waals surface area contributed by atoms with Gasteiger partial charge in [-0.15, -0.1) is 0 Å². The summed E-state index contributed by atoms with van der Waals surface area (Å²) in [5.74, 6) is 0.387. The van der Waals surface area contributed by atoms with Crippen LogP contribution >= 0.6 is 0 Å². The van der Waals surface area contributed by atoms with Crippen LogP contribution in [0.2, 0.25) is 0 Å². The zero-order valence-corrected chi connectivity index (χ0v) is 21.6. The molecule has 6 nitrogen and oxygen atoms in total. The summed E-state index contributed by atoms with van der Waals surface area (Å²) in [6.45, 7) is 7.51. The minimum atomic E-state index is -0.192. The van der Waals surface area contributed by atoms with Crippen molar-refractivity contribution in [3.8, 4) is 6.07 Å². The first-order valence-corrected chi connectivity index (χ1v) is 13.4. The van der Waals surface area contributed by atoms with Crippen LogP contribution in [-0.2, 0) is 0 Å². The van der Waals surface area contributed by atoms with Gasteiger partial charge in [-0.2, -0.15) is 0 Å². The molecule has 0 spiro atoms. The van der Waals surface area contributed by atoms with Crippen LogP contribution in [0.1, 0.15) is 20.4 Å². The Hall–Kier alpha value is -5.07. The van der Waals surface area contributed by atoms with Crippen molar-refractivity contribution >= 4 is 58.9 Å². The van der Waals surface area contributed by atoms with Crippen LogP contribution < -0.4 is 4.90 Å². The van der Waals surface area contributed by atoms with Gasteiger partial charge >= 0.3 is 225 Å². The van der Waals surface area contributed by atoms with E-state index in [2.05, 4.69) is 45.1 Å². The van der Waals surface area contributed by atoms with E-state index >= 15 is 0 Å². The summed E-state index contributed by atoms with van der Waals surface area (Å²) in [4.78, 5) is 27.8. The first kappa shape index (κ1) is 23.3. The molecule has 7 heteroatoms. The summed E-state index contributed by atoms with van der Waals surface area (Å²) in [7, 11) is 0. The average molecular weight is 554 g/mol. The SMILES string of the molecule is [C-]#[N+]/C(C#N)=C1\C(=C/c2ccc(N(c3ccc4ccccc4c3)c3ncccn3)[se]2)C(=O)c2ccccc21. The third kappa shape index (κ3) is 4.03. The van der Waals surface area contributed by atoms with E-state index in [0.29, 0.717) is 28.2 Å². The van der Waals surface area contributed by atoms with Crippen molar-refractivity contribution in [3.05, 3.63) is 136 Å². The number of Topliss-reactive ketones (excluding diaryl/α,β-unsaturated/α-hetero) is 1. The minimum absolute atomic E-state index is 0.0793. The van der Waals surface area contributed by atoms with E-state index in [-0.39, 0.29) is 26.0 Å². The quantitative estimate of drug-likeness (QED) is 0.108. The Kier molecular flexibility index (Phi) is 6.00. The number of ketones is 1. The van der Waals surface area contributed by atoms with Crippen LogP contribution in [0.5, 0.6) is 0 Å². The number of nitriles is 1. The average Bonchev–Trinajstić information content (AvgIpc) is 3.53. The van der Waals surface area contributed by atoms with Gasteiger partial charge in [-0.3, -0.25) is 0 Å². The first-order valence-electron chi connectivity index (χ1n) is 11.7. The van der Waals surface area contributed by atoms with Crippen molar-refractivity contribution in [2.24, 2.45) is 0 Å². The van der Waals surface area contributed by atoms with Gasteiger partial charge in [0.2, 0.25) is 0 Å². The molecule has 0 fully saturated rings. The maximum atomic E-state index is 13.3. The Bertz CT molecular complexity index is 1860. The summed E-state index contributed by atoms with van der Waals surface area (Å²) in [6.07, 6.45) is 5.26. The van der Waals surface area contributed by atoms with Gasteiger partial charge in [-0.05, 0) is 0 Å². The molecule has 2 aromatic heterocycles. The third-order valence-electron chi connectivity index (χ3n) is 6.27. The van der Waals surface area contributed by atoms with E-state index in [9.17, 15) is 10.1 Å². The summed E-state index contributed by atoms with van der Waals surface area (Å²) in [5.41, 5.74) is 2.80. The number of anilines is 3. The predicted molar refractivity (Wildman–Crippen MR) is 149 cm³/mol. The van der Waals surface area contributed by atoms with Crippen LogP contribution in [0, 0.1) is 17.9 Å². The van der Waals surface area contributed by atoms with Gasteiger partial charge in [0.1, 0.15) is 0 Å². The molecule has 0 amide bonds. The van der Waals surface area contributed by atoms with Gasteiger partial charge in [0.15, 0.2) is 0 Å². The molecule has 1 aliphatic rings. The van der Waals surface area contributed by atoms with Crippen molar-refractivity contribution < 1.29 is 4.79 Å². The molecule has 3 aromatic carbocycles. The zero-order valence-electron chi connectivity index (χ0n) is 19.9. The van der Waals surface area contributed by atoms with Crippen LogP contribution in [0.4, 0.5) is 16.2 Å². The van der Waals surface area contributed by atoms with Gasteiger partial charge in [0.05, 0.1) is 0 Å². The number of carbonyl (C=O) groups excluding carboxylic acids is 1. The molecule has 0 bridgehead atoms. The zero-order chi connectivity index (χ0) is 26.1. The topological polar surface area (TPSA) is 74.2 Å². The van der Waals surface area contributed by atoms with E-state index in [1.807, 2.05) is 47.4 Å². The van der Waals surface area contributed by atoms with Gasteiger partial charge in [0, 0.05) is 0 Å². The second kappa shape index (κ2) is 9.76. The van der Waals surface area contributed by atoms with E-state index in [1.54, 1.807) is 36.7 Å². The van der Waals surface area contributed by atoms with E-state index in [1.165, 1.54) is 0 Å². The van der Waals surface area contributed by atoms with Crippen molar-refractivity contribution in [2.75, 3.05) is 4.90 Å². The van der Waals surface area contributed by atoms with Gasteiger partial charge in [0.25, 0.3) is 0 Å². The van der Waals surface area contributed by atoms with E-state index in [4.69, 9.17) is 6.57 Å². The fourth-order valence-electron chi connectivity index (χ4n) is 4.58. The predicted octanol–water partition coefficient (Wildman–Crippen LogP) is 6.59. The second-order valence-corrected chi connectivity index (χ2v) is 10.8. The van der Waals surface area contributed by atoms with E-state index in [0.717, 1.165) is 25.5 Å². The Morgan fingerprint density at radius 1 is 0.921 bits per heavy atom. The molecule has 6 rings (SSSR count). The number of allylic oxidation sites excluding steroid dienone is 3. The normalized spacial score (nSPS) is 14.7. The third-order valence-corrected chi connectivity index (χ3v) is 8.41. The van der Waals surface area contributed by atoms with Gasteiger partial charge < -0.3 is 0 Å². The molecular weight excluding hydrogens is 537 g/mol. The molecule has 0 radical (unpaired) electrons. The fraction of sp³-hybridized carbons (Fsp3) is 0. The number of carbonyl (C=O) groups is 1. The van der Waals surface area contributed by atoms with Crippen molar-refractivity contribution in [1.82, 2.24) is 9.97 Å². The van der Waals surface area contributed by atoms with Gasteiger partial charge in [-0.1, -0.05) is 0 Å². The first-order chi connectivity index (χ1) is 18.7. The molecule has 1 aliphatic carbocycles. The summed E-state index contributed by atoms with van der Waals surface area (Å²) < 4.78 is 1.95. The number of aromatic nitrogens is 2. The summed E-state index contributed by atoms with van der Waals surface area (Å²) in [5, 5.41) is 11.9. The standard InChI is InChI=1S/C31H17N5OSe/c1-33-27(19-32)29-24-9-4-5-10-25(24)30(37)26(29)18-23-13-14-28(38-23)36(31-34-15-6-16-35-31)22-12-11-20-7-2-3-8-21(20)17-22/h2-18H/b26-18+,29-27-. The molecule has 0 aliphatic heterocycles. The molecule has 0 unspecified atom stereocenters. The molecule has 0 saturated heterocycles. The number of nitrogens with zero attached hydrogens (tertiary/aromatic N) is 5. The number of fused-ring (bicyclic) bond motifs is 2. The Balaban J connectivity index is 1.47. The Morgan fingerprint density at radius 3 is 2.42 bits per heavy atom. The molecule has 0 saturated carbocycles.